The van der Waals surface area contributed by atoms with Gasteiger partial charge in [-0.05, 0) is 50.6 Å². The molecule has 1 saturated heterocycles. The molecule has 154 valence electrons. The smallest absolute Gasteiger partial charge is 0.319 e. The topological polar surface area (TPSA) is 84.3 Å². The largest absolute Gasteiger partial charge is 0.325 e. The van der Waals surface area contributed by atoms with Crippen LogP contribution in [0.2, 0.25) is 0 Å². The van der Waals surface area contributed by atoms with E-state index < -0.39 is 11.6 Å². The van der Waals surface area contributed by atoms with Crippen LogP contribution in [0.25, 0.3) is 5.13 Å². The average molecular weight is 441 g/mol. The molecule has 1 aliphatic heterocycles. The molecule has 5 rings (SSSR count). The average Bonchev–Trinajstić information content (AvgIpc) is 3.48. The summed E-state index contributed by atoms with van der Waals surface area (Å²) in [5.41, 5.74) is 2.00. The van der Waals surface area contributed by atoms with Crippen molar-refractivity contribution < 1.29 is 14.4 Å². The standard InChI is InChI=1S/C21H20N4O3S2/c1-12-10-14(13(2)25(12)20-22-7-9-30-20)16(26)11-24-18(27)21(23-19(24)28)6-3-4-17-15(21)5-8-29-17/h5,7-10H,3-4,6,11H2,1-2H3,(H,23,28). The molecule has 0 saturated carbocycles. The lowest BCUT2D eigenvalue weighted by Crippen LogP contribution is -2.46. The van der Waals surface area contributed by atoms with Gasteiger partial charge in [-0.25, -0.2) is 9.78 Å². The van der Waals surface area contributed by atoms with E-state index in [0.29, 0.717) is 12.0 Å². The number of carbonyl (C=O) groups excluding carboxylic acids is 3. The third kappa shape index (κ3) is 2.69. The molecule has 0 radical (unpaired) electrons. The summed E-state index contributed by atoms with van der Waals surface area (Å²) in [5.74, 6) is -0.582. The van der Waals surface area contributed by atoms with Crippen LogP contribution in [0.1, 0.15) is 45.0 Å². The molecule has 0 bridgehead atoms. The number of fused-ring (bicyclic) bond motifs is 2. The van der Waals surface area contributed by atoms with Crippen molar-refractivity contribution in [3.05, 3.63) is 56.5 Å². The van der Waals surface area contributed by atoms with Crippen molar-refractivity contribution in [2.75, 3.05) is 6.54 Å². The number of aryl methyl sites for hydroxylation is 2. The Morgan fingerprint density at radius 2 is 2.10 bits per heavy atom. The van der Waals surface area contributed by atoms with E-state index in [9.17, 15) is 14.4 Å². The first kappa shape index (κ1) is 19.2. The Balaban J connectivity index is 1.44. The fourth-order valence-corrected chi connectivity index (χ4v) is 6.33. The lowest BCUT2D eigenvalue weighted by molar-refractivity contribution is -0.131. The summed E-state index contributed by atoms with van der Waals surface area (Å²) < 4.78 is 1.92. The van der Waals surface area contributed by atoms with E-state index >= 15 is 0 Å². The van der Waals surface area contributed by atoms with Crippen LogP contribution in [0.15, 0.2) is 29.1 Å². The van der Waals surface area contributed by atoms with Crippen molar-refractivity contribution in [3.8, 4) is 5.13 Å². The quantitative estimate of drug-likeness (QED) is 0.496. The zero-order valence-corrected chi connectivity index (χ0v) is 18.2. The van der Waals surface area contributed by atoms with Crippen molar-refractivity contribution in [1.29, 1.82) is 0 Å². The number of thiazole rings is 1. The molecule has 0 aromatic carbocycles. The van der Waals surface area contributed by atoms with Crippen LogP contribution in [0.4, 0.5) is 4.79 Å². The predicted octanol–water partition coefficient (Wildman–Crippen LogP) is 3.58. The molecule has 2 aliphatic rings. The maximum atomic E-state index is 13.3. The number of hydrogen-bond acceptors (Lipinski definition) is 6. The number of hydrogen-bond donors (Lipinski definition) is 1. The normalized spacial score (nSPS) is 20.7. The van der Waals surface area contributed by atoms with E-state index in [2.05, 4.69) is 10.3 Å². The number of nitrogens with zero attached hydrogens (tertiary/aromatic N) is 3. The molecule has 30 heavy (non-hydrogen) atoms. The minimum Gasteiger partial charge on any atom is -0.319 e. The van der Waals surface area contributed by atoms with Gasteiger partial charge in [0.05, 0.1) is 6.54 Å². The second-order valence-corrected chi connectivity index (χ2v) is 9.57. The van der Waals surface area contributed by atoms with Gasteiger partial charge in [0.25, 0.3) is 5.91 Å². The van der Waals surface area contributed by atoms with E-state index in [1.165, 1.54) is 11.3 Å². The molecular formula is C21H20N4O3S2. The molecule has 3 aromatic rings. The Morgan fingerprint density at radius 1 is 1.27 bits per heavy atom. The zero-order chi connectivity index (χ0) is 21.0. The summed E-state index contributed by atoms with van der Waals surface area (Å²) in [7, 11) is 0. The van der Waals surface area contributed by atoms with E-state index in [-0.39, 0.29) is 18.2 Å². The first-order valence-electron chi connectivity index (χ1n) is 9.75. The number of urea groups is 1. The van der Waals surface area contributed by atoms with E-state index in [0.717, 1.165) is 44.7 Å². The summed E-state index contributed by atoms with van der Waals surface area (Å²) >= 11 is 3.09. The highest BCUT2D eigenvalue weighted by Crippen LogP contribution is 2.42. The Hall–Kier alpha value is -2.78. The minimum absolute atomic E-state index is 0.257. The molecule has 3 amide bonds. The number of amides is 3. The molecule has 1 N–H and O–H groups in total. The van der Waals surface area contributed by atoms with Gasteiger partial charge in [0.15, 0.2) is 10.9 Å². The Labute approximate surface area is 181 Å². The zero-order valence-electron chi connectivity index (χ0n) is 16.6. The van der Waals surface area contributed by atoms with Gasteiger partial charge < -0.3 is 5.32 Å². The molecule has 3 aromatic heterocycles. The van der Waals surface area contributed by atoms with Gasteiger partial charge in [0, 0.05) is 39.0 Å². The SMILES string of the molecule is Cc1cc(C(=O)CN2C(=O)NC3(CCCc4sccc43)C2=O)c(C)n1-c1nccs1. The molecule has 9 heteroatoms. The fraction of sp³-hybridized carbons (Fsp3) is 0.333. The molecule has 1 aliphatic carbocycles. The first-order valence-corrected chi connectivity index (χ1v) is 11.5. The highest BCUT2D eigenvalue weighted by Gasteiger charge is 2.54. The number of thiophene rings is 1. The number of carbonyl (C=O) groups is 3. The Kier molecular flexibility index (Phi) is 4.41. The van der Waals surface area contributed by atoms with Gasteiger partial charge in [0.2, 0.25) is 0 Å². The van der Waals surface area contributed by atoms with Gasteiger partial charge in [-0.2, -0.15) is 0 Å². The fourth-order valence-electron chi connectivity index (χ4n) is 4.58. The molecule has 1 fully saturated rings. The van der Waals surface area contributed by atoms with Gasteiger partial charge in [0.1, 0.15) is 5.54 Å². The number of imide groups is 1. The first-order chi connectivity index (χ1) is 14.4. The highest BCUT2D eigenvalue weighted by atomic mass is 32.1. The third-order valence-electron chi connectivity index (χ3n) is 5.98. The maximum absolute atomic E-state index is 13.3. The van der Waals surface area contributed by atoms with E-state index in [4.69, 9.17) is 0 Å². The summed E-state index contributed by atoms with van der Waals surface area (Å²) in [6.45, 7) is 3.50. The Morgan fingerprint density at radius 3 is 2.87 bits per heavy atom. The van der Waals surface area contributed by atoms with Crippen LogP contribution < -0.4 is 5.32 Å². The summed E-state index contributed by atoms with van der Waals surface area (Å²) in [5, 5.41) is 7.52. The lowest BCUT2D eigenvalue weighted by Gasteiger charge is -2.31. The Bertz CT molecular complexity index is 1180. The van der Waals surface area contributed by atoms with Crippen LogP contribution in [-0.4, -0.2) is 38.7 Å². The highest BCUT2D eigenvalue weighted by molar-refractivity contribution is 7.12. The summed E-state index contributed by atoms with van der Waals surface area (Å²) in [6.07, 6.45) is 4.02. The van der Waals surface area contributed by atoms with E-state index in [1.807, 2.05) is 35.2 Å². The maximum Gasteiger partial charge on any atom is 0.325 e. The van der Waals surface area contributed by atoms with Crippen molar-refractivity contribution in [2.24, 2.45) is 0 Å². The van der Waals surface area contributed by atoms with Crippen molar-refractivity contribution in [2.45, 2.75) is 38.6 Å². The van der Waals surface area contributed by atoms with Crippen LogP contribution in [0.3, 0.4) is 0 Å². The van der Waals surface area contributed by atoms with Crippen molar-refractivity contribution in [3.63, 3.8) is 0 Å². The number of Topliss-reactive ketones (excluding diaryl/α,β-unsaturated/α-hetero) is 1. The van der Waals surface area contributed by atoms with Crippen molar-refractivity contribution >= 4 is 40.4 Å². The molecule has 1 spiro atoms. The summed E-state index contributed by atoms with van der Waals surface area (Å²) in [6, 6.07) is 3.22. The number of nitrogens with one attached hydrogen (secondary N) is 1. The number of aromatic nitrogens is 2. The second kappa shape index (κ2) is 6.88. The van der Waals surface area contributed by atoms with Gasteiger partial charge >= 0.3 is 6.03 Å². The molecule has 1 atom stereocenters. The monoisotopic (exact) mass is 440 g/mol. The number of ketones is 1. The third-order valence-corrected chi connectivity index (χ3v) is 7.72. The molecule has 4 heterocycles. The van der Waals surface area contributed by atoms with Crippen LogP contribution in [-0.2, 0) is 16.8 Å². The van der Waals surface area contributed by atoms with Gasteiger partial charge in [-0.3, -0.25) is 19.1 Å². The van der Waals surface area contributed by atoms with Crippen molar-refractivity contribution in [1.82, 2.24) is 19.8 Å². The van der Waals surface area contributed by atoms with Crippen LogP contribution >= 0.6 is 22.7 Å². The molecule has 7 nitrogen and oxygen atoms in total. The molecular weight excluding hydrogens is 420 g/mol. The lowest BCUT2D eigenvalue weighted by atomic mass is 9.80. The van der Waals surface area contributed by atoms with Gasteiger partial charge in [-0.15, -0.1) is 22.7 Å². The second-order valence-electron chi connectivity index (χ2n) is 7.70. The van der Waals surface area contributed by atoms with Crippen LogP contribution in [0, 0.1) is 13.8 Å². The molecule has 1 unspecified atom stereocenters. The number of rotatable bonds is 4. The minimum atomic E-state index is -1.03. The van der Waals surface area contributed by atoms with Gasteiger partial charge in [-0.1, -0.05) is 0 Å². The van der Waals surface area contributed by atoms with E-state index in [1.54, 1.807) is 23.6 Å². The predicted molar refractivity (Wildman–Crippen MR) is 114 cm³/mol. The van der Waals surface area contributed by atoms with Crippen LogP contribution in [0.5, 0.6) is 0 Å². The summed E-state index contributed by atoms with van der Waals surface area (Å²) in [4.78, 5) is 45.7.